The molecule has 11 nitrogen and oxygen atoms in total. The lowest BCUT2D eigenvalue weighted by Crippen LogP contribution is -2.58. The number of ether oxygens (including phenoxy) is 1. The maximum absolute atomic E-state index is 13.9. The highest BCUT2D eigenvalue weighted by Gasteiger charge is 2.32. The number of rotatable bonds is 16. The quantitative estimate of drug-likeness (QED) is 0.122. The van der Waals surface area contributed by atoms with Crippen LogP contribution in [-0.2, 0) is 43.8 Å². The molecule has 3 amide bonds. The highest BCUT2D eigenvalue weighted by Crippen LogP contribution is 2.15. The summed E-state index contributed by atoms with van der Waals surface area (Å²) in [7, 11) is -2.50. The van der Waals surface area contributed by atoms with Gasteiger partial charge in [0.1, 0.15) is 11.8 Å². The van der Waals surface area contributed by atoms with Gasteiger partial charge in [-0.1, -0.05) is 91.0 Å². The van der Waals surface area contributed by atoms with Gasteiger partial charge in [0.05, 0.1) is 24.1 Å². The summed E-state index contributed by atoms with van der Waals surface area (Å²) in [6.45, 7) is 1.55. The topological polar surface area (TPSA) is 163 Å². The molecule has 0 aromatic heterocycles. The van der Waals surface area contributed by atoms with Crippen LogP contribution in [0.5, 0.6) is 5.75 Å². The van der Waals surface area contributed by atoms with Gasteiger partial charge >= 0.3 is 0 Å². The fourth-order valence-electron chi connectivity index (χ4n) is 4.92. The minimum atomic E-state index is -4.03. The van der Waals surface area contributed by atoms with Crippen molar-refractivity contribution in [3.8, 4) is 5.75 Å². The van der Waals surface area contributed by atoms with E-state index in [-0.39, 0.29) is 24.3 Å². The first-order valence-electron chi connectivity index (χ1n) is 15.4. The Morgan fingerprint density at radius 1 is 0.688 bits per heavy atom. The highest BCUT2D eigenvalue weighted by molar-refractivity contribution is 7.89. The molecule has 4 aromatic rings. The Morgan fingerprint density at radius 3 is 1.81 bits per heavy atom. The third-order valence-electron chi connectivity index (χ3n) is 7.60. The number of amides is 3. The summed E-state index contributed by atoms with van der Waals surface area (Å²) in [5.74, 6) is -1.50. The van der Waals surface area contributed by atoms with Gasteiger partial charge in [-0.3, -0.25) is 14.4 Å². The molecular formula is C36H40N4O7S. The van der Waals surface area contributed by atoms with E-state index in [1.165, 1.54) is 26.2 Å². The second kappa shape index (κ2) is 17.2. The van der Waals surface area contributed by atoms with Crippen molar-refractivity contribution in [2.24, 2.45) is 0 Å². The van der Waals surface area contributed by atoms with Crippen molar-refractivity contribution in [2.75, 3.05) is 7.11 Å². The summed E-state index contributed by atoms with van der Waals surface area (Å²) >= 11 is 0. The molecule has 48 heavy (non-hydrogen) atoms. The van der Waals surface area contributed by atoms with E-state index in [4.69, 9.17) is 4.74 Å². The lowest BCUT2D eigenvalue weighted by Gasteiger charge is -2.27. The molecule has 0 aliphatic rings. The summed E-state index contributed by atoms with van der Waals surface area (Å²) in [6.07, 6.45) is -1.50. The van der Waals surface area contributed by atoms with Crippen LogP contribution in [0.4, 0.5) is 0 Å². The fourth-order valence-corrected chi connectivity index (χ4v) is 6.15. The predicted octanol–water partition coefficient (Wildman–Crippen LogP) is 2.49. The number of nitrogens with one attached hydrogen (secondary N) is 4. The van der Waals surface area contributed by atoms with Gasteiger partial charge in [-0.2, -0.15) is 4.72 Å². The molecule has 0 aliphatic heterocycles. The average Bonchev–Trinajstić information content (AvgIpc) is 3.11. The van der Waals surface area contributed by atoms with Crippen LogP contribution >= 0.6 is 0 Å². The Balaban J connectivity index is 1.54. The molecule has 0 bridgehead atoms. The lowest BCUT2D eigenvalue weighted by atomic mass is 9.98. The Morgan fingerprint density at radius 2 is 1.23 bits per heavy atom. The zero-order valence-corrected chi connectivity index (χ0v) is 27.5. The van der Waals surface area contributed by atoms with E-state index in [1.807, 2.05) is 48.5 Å². The van der Waals surface area contributed by atoms with Crippen molar-refractivity contribution >= 4 is 27.7 Å². The Bertz CT molecular complexity index is 1740. The van der Waals surface area contributed by atoms with E-state index >= 15 is 0 Å². The van der Waals surface area contributed by atoms with Crippen LogP contribution in [0.1, 0.15) is 23.6 Å². The SMILES string of the molecule is COc1ccc(C[C@H](NC(=O)[C@H](C)NS(=O)(=O)c2ccccc2)C(=O)NC(Cc2ccccc2)C(O)C(=O)NCc2ccccc2)cc1. The standard InChI is InChI=1S/C36H40N4O7S/c1-25(40-48(45,46)30-16-10-5-11-17-30)34(42)39-32(23-27-18-20-29(47-2)21-19-27)35(43)38-31(22-26-12-6-3-7-13-26)33(41)36(44)37-24-28-14-8-4-9-15-28/h3-21,25,31-33,40-41H,22-24H2,1-2H3,(H,37,44)(H,38,43)(H,39,42)/t25-,31?,32-,33?/m0/s1. The number of benzene rings is 4. The first-order chi connectivity index (χ1) is 23.1. The molecule has 4 aromatic carbocycles. The normalized spacial score (nSPS) is 13.7. The first-order valence-corrected chi connectivity index (χ1v) is 16.9. The number of carbonyl (C=O) groups excluding carboxylic acids is 3. The third kappa shape index (κ3) is 10.5. The van der Waals surface area contributed by atoms with Gasteiger partial charge in [-0.25, -0.2) is 8.42 Å². The second-order valence-electron chi connectivity index (χ2n) is 11.2. The van der Waals surface area contributed by atoms with E-state index in [0.717, 1.165) is 11.1 Å². The minimum absolute atomic E-state index is 0.0135. The van der Waals surface area contributed by atoms with Gasteiger partial charge in [0, 0.05) is 13.0 Å². The van der Waals surface area contributed by atoms with Crippen molar-refractivity contribution in [2.45, 2.75) is 55.4 Å². The van der Waals surface area contributed by atoms with Crippen LogP contribution in [-0.4, -0.2) is 62.6 Å². The van der Waals surface area contributed by atoms with E-state index in [0.29, 0.717) is 11.3 Å². The molecule has 2 unspecified atom stereocenters. The summed E-state index contributed by atoms with van der Waals surface area (Å²) in [6, 6.07) is 29.3. The molecular weight excluding hydrogens is 632 g/mol. The maximum atomic E-state index is 13.9. The van der Waals surface area contributed by atoms with Crippen LogP contribution in [0.15, 0.2) is 120 Å². The summed E-state index contributed by atoms with van der Waals surface area (Å²) < 4.78 is 33.3. The second-order valence-corrected chi connectivity index (χ2v) is 12.9. The molecule has 4 atom stereocenters. The smallest absolute Gasteiger partial charge is 0.251 e. The number of methoxy groups -OCH3 is 1. The minimum Gasteiger partial charge on any atom is -0.497 e. The van der Waals surface area contributed by atoms with Crippen molar-refractivity contribution < 1.29 is 32.6 Å². The molecule has 0 radical (unpaired) electrons. The van der Waals surface area contributed by atoms with Crippen molar-refractivity contribution in [1.82, 2.24) is 20.7 Å². The summed E-state index contributed by atoms with van der Waals surface area (Å²) in [5.41, 5.74) is 2.27. The average molecular weight is 673 g/mol. The molecule has 0 saturated carbocycles. The van der Waals surface area contributed by atoms with E-state index < -0.39 is 52.0 Å². The van der Waals surface area contributed by atoms with E-state index in [9.17, 15) is 27.9 Å². The Hall–Kier alpha value is -5.04. The molecule has 5 N–H and O–H groups in total. The molecule has 12 heteroatoms. The van der Waals surface area contributed by atoms with Crippen LogP contribution in [0.2, 0.25) is 0 Å². The predicted molar refractivity (Wildman–Crippen MR) is 181 cm³/mol. The highest BCUT2D eigenvalue weighted by atomic mass is 32.2. The molecule has 0 heterocycles. The largest absolute Gasteiger partial charge is 0.497 e. The number of sulfonamides is 1. The number of aliphatic hydroxyl groups excluding tert-OH is 1. The van der Waals surface area contributed by atoms with E-state index in [2.05, 4.69) is 20.7 Å². The number of hydrogen-bond acceptors (Lipinski definition) is 7. The van der Waals surface area contributed by atoms with Gasteiger partial charge in [0.2, 0.25) is 21.8 Å². The lowest BCUT2D eigenvalue weighted by molar-refractivity contribution is -0.134. The number of hydrogen-bond donors (Lipinski definition) is 5. The zero-order valence-electron chi connectivity index (χ0n) is 26.7. The Kier molecular flexibility index (Phi) is 12.8. The van der Waals surface area contributed by atoms with Crippen LogP contribution in [0.3, 0.4) is 0 Å². The van der Waals surface area contributed by atoms with E-state index in [1.54, 1.807) is 54.6 Å². The van der Waals surface area contributed by atoms with Gasteiger partial charge in [0.15, 0.2) is 6.10 Å². The van der Waals surface area contributed by atoms with Crippen LogP contribution in [0, 0.1) is 0 Å². The Labute approximate surface area is 280 Å². The molecule has 0 saturated heterocycles. The van der Waals surface area contributed by atoms with Crippen LogP contribution in [0.25, 0.3) is 0 Å². The van der Waals surface area contributed by atoms with Gasteiger partial charge in [-0.05, 0) is 54.3 Å². The molecule has 252 valence electrons. The first kappa shape index (κ1) is 35.8. The summed E-state index contributed by atoms with van der Waals surface area (Å²) in [5, 5.41) is 19.3. The van der Waals surface area contributed by atoms with Gasteiger partial charge in [0.25, 0.3) is 5.91 Å². The molecule has 0 aliphatic carbocycles. The number of carbonyl (C=O) groups is 3. The zero-order chi connectivity index (χ0) is 34.5. The molecule has 0 spiro atoms. The van der Waals surface area contributed by atoms with Crippen molar-refractivity contribution in [1.29, 1.82) is 0 Å². The third-order valence-corrected chi connectivity index (χ3v) is 9.15. The van der Waals surface area contributed by atoms with Gasteiger partial charge < -0.3 is 25.8 Å². The molecule has 4 rings (SSSR count). The maximum Gasteiger partial charge on any atom is 0.251 e. The van der Waals surface area contributed by atoms with Crippen molar-refractivity contribution in [3.63, 3.8) is 0 Å². The van der Waals surface area contributed by atoms with Crippen LogP contribution < -0.4 is 25.4 Å². The molecule has 0 fully saturated rings. The monoisotopic (exact) mass is 672 g/mol. The number of aliphatic hydroxyl groups is 1. The summed E-state index contributed by atoms with van der Waals surface area (Å²) in [4.78, 5) is 40.4. The fraction of sp³-hybridized carbons (Fsp3) is 0.250. The van der Waals surface area contributed by atoms with Crippen molar-refractivity contribution in [3.05, 3.63) is 132 Å². The van der Waals surface area contributed by atoms with Gasteiger partial charge in [-0.15, -0.1) is 0 Å².